The van der Waals surface area contributed by atoms with E-state index in [0.717, 1.165) is 25.1 Å². The van der Waals surface area contributed by atoms with E-state index in [2.05, 4.69) is 31.0 Å². The van der Waals surface area contributed by atoms with Crippen molar-refractivity contribution in [2.24, 2.45) is 0 Å². The Hall–Kier alpha value is -1.28. The van der Waals surface area contributed by atoms with Crippen molar-refractivity contribution in [2.45, 2.75) is 45.8 Å². The third-order valence-electron chi connectivity index (χ3n) is 2.70. The predicted molar refractivity (Wildman–Crippen MR) is 78.1 cm³/mol. The third kappa shape index (κ3) is 4.92. The van der Waals surface area contributed by atoms with Gasteiger partial charge in [-0.05, 0) is 50.9 Å². The van der Waals surface area contributed by atoms with E-state index in [4.69, 9.17) is 4.74 Å². The van der Waals surface area contributed by atoms with E-state index in [9.17, 15) is 0 Å². The molecule has 0 spiro atoms. The van der Waals surface area contributed by atoms with E-state index in [1.165, 1.54) is 5.56 Å². The van der Waals surface area contributed by atoms with Gasteiger partial charge in [-0.15, -0.1) is 6.58 Å². The van der Waals surface area contributed by atoms with Gasteiger partial charge in [0.1, 0.15) is 5.75 Å². The molecule has 1 unspecified atom stereocenters. The predicted octanol–water partition coefficient (Wildman–Crippen LogP) is 4.09. The molecule has 0 saturated heterocycles. The van der Waals surface area contributed by atoms with Crippen LogP contribution in [0.5, 0.6) is 5.75 Å². The molecule has 2 nitrogen and oxygen atoms in total. The highest BCUT2D eigenvalue weighted by molar-refractivity contribution is 5.29. The van der Waals surface area contributed by atoms with Crippen LogP contribution in [0.2, 0.25) is 0 Å². The zero-order valence-electron chi connectivity index (χ0n) is 11.8. The molecule has 0 heterocycles. The molecule has 1 aromatic rings. The van der Waals surface area contributed by atoms with Crippen LogP contribution in [0.1, 0.15) is 45.2 Å². The first-order valence-corrected chi connectivity index (χ1v) is 6.78. The fraction of sp³-hybridized carbons (Fsp3) is 0.500. The zero-order chi connectivity index (χ0) is 13.4. The topological polar surface area (TPSA) is 21.3 Å². The van der Waals surface area contributed by atoms with Crippen molar-refractivity contribution in [3.8, 4) is 5.75 Å². The van der Waals surface area contributed by atoms with Crippen LogP contribution in [0, 0.1) is 0 Å². The average molecular weight is 247 g/mol. The Kier molecular flexibility index (Phi) is 6.51. The van der Waals surface area contributed by atoms with Crippen LogP contribution in [0.3, 0.4) is 0 Å². The van der Waals surface area contributed by atoms with E-state index >= 15 is 0 Å². The Bertz CT molecular complexity index is 343. The molecule has 100 valence electrons. The van der Waals surface area contributed by atoms with Crippen LogP contribution in [-0.2, 0) is 0 Å². The second kappa shape index (κ2) is 7.93. The van der Waals surface area contributed by atoms with Crippen LogP contribution in [-0.4, -0.2) is 12.6 Å². The van der Waals surface area contributed by atoms with Crippen molar-refractivity contribution in [3.63, 3.8) is 0 Å². The molecule has 18 heavy (non-hydrogen) atoms. The summed E-state index contributed by atoms with van der Waals surface area (Å²) in [5.74, 6) is 0.932. The van der Waals surface area contributed by atoms with Crippen molar-refractivity contribution in [3.05, 3.63) is 42.5 Å². The summed E-state index contributed by atoms with van der Waals surface area (Å²) >= 11 is 0. The maximum atomic E-state index is 5.65. The van der Waals surface area contributed by atoms with Gasteiger partial charge in [-0.1, -0.05) is 25.1 Å². The smallest absolute Gasteiger partial charge is 0.119 e. The number of nitrogens with one attached hydrogen (secondary N) is 1. The van der Waals surface area contributed by atoms with Crippen LogP contribution in [0.15, 0.2) is 36.9 Å². The molecular formula is C16H25NO. The third-order valence-corrected chi connectivity index (χ3v) is 2.70. The Labute approximate surface area is 111 Å². The highest BCUT2D eigenvalue weighted by Crippen LogP contribution is 2.21. The fourth-order valence-corrected chi connectivity index (χ4v) is 1.87. The molecule has 2 heteroatoms. The van der Waals surface area contributed by atoms with Gasteiger partial charge < -0.3 is 10.1 Å². The van der Waals surface area contributed by atoms with Gasteiger partial charge in [0.15, 0.2) is 0 Å². The summed E-state index contributed by atoms with van der Waals surface area (Å²) < 4.78 is 5.65. The second-order valence-corrected chi connectivity index (χ2v) is 4.77. The van der Waals surface area contributed by atoms with Gasteiger partial charge >= 0.3 is 0 Å². The van der Waals surface area contributed by atoms with Gasteiger partial charge in [0.05, 0.1) is 6.10 Å². The summed E-state index contributed by atoms with van der Waals surface area (Å²) in [5.41, 5.74) is 1.29. The van der Waals surface area contributed by atoms with Gasteiger partial charge in [-0.25, -0.2) is 0 Å². The summed E-state index contributed by atoms with van der Waals surface area (Å²) in [6, 6.07) is 8.71. The zero-order valence-corrected chi connectivity index (χ0v) is 11.8. The van der Waals surface area contributed by atoms with Crippen molar-refractivity contribution in [1.29, 1.82) is 0 Å². The van der Waals surface area contributed by atoms with Gasteiger partial charge in [-0.2, -0.15) is 0 Å². The Balaban J connectivity index is 2.69. The molecule has 0 fully saturated rings. The molecule has 1 aromatic carbocycles. The SMILES string of the molecule is C=CCC(NCCC)c1ccc(OC(C)C)cc1. The maximum absolute atomic E-state index is 5.65. The lowest BCUT2D eigenvalue weighted by Gasteiger charge is -2.18. The van der Waals surface area contributed by atoms with Crippen LogP contribution >= 0.6 is 0 Å². The number of hydrogen-bond acceptors (Lipinski definition) is 2. The van der Waals surface area contributed by atoms with Crippen LogP contribution in [0.4, 0.5) is 0 Å². The van der Waals surface area contributed by atoms with E-state index in [1.807, 2.05) is 32.1 Å². The molecule has 0 amide bonds. The summed E-state index contributed by atoms with van der Waals surface area (Å²) in [6.07, 6.45) is 4.27. The normalized spacial score (nSPS) is 12.4. The largest absolute Gasteiger partial charge is 0.491 e. The first kappa shape index (κ1) is 14.8. The van der Waals surface area contributed by atoms with E-state index < -0.39 is 0 Å². The molecular weight excluding hydrogens is 222 g/mol. The fourth-order valence-electron chi connectivity index (χ4n) is 1.87. The van der Waals surface area contributed by atoms with Crippen LogP contribution in [0.25, 0.3) is 0 Å². The minimum absolute atomic E-state index is 0.220. The molecule has 0 radical (unpaired) electrons. The second-order valence-electron chi connectivity index (χ2n) is 4.77. The minimum atomic E-state index is 0.220. The van der Waals surface area contributed by atoms with E-state index in [-0.39, 0.29) is 6.10 Å². The number of benzene rings is 1. The standard InChI is InChI=1S/C16H25NO/c1-5-7-16(17-12-6-2)14-8-10-15(11-9-14)18-13(3)4/h5,8-11,13,16-17H,1,6-7,12H2,2-4H3. The number of ether oxygens (including phenoxy) is 1. The molecule has 0 aliphatic carbocycles. The van der Waals surface area contributed by atoms with Gasteiger partial charge in [0, 0.05) is 6.04 Å². The van der Waals surface area contributed by atoms with E-state index in [1.54, 1.807) is 0 Å². The van der Waals surface area contributed by atoms with Crippen molar-refractivity contribution >= 4 is 0 Å². The van der Waals surface area contributed by atoms with Gasteiger partial charge in [-0.3, -0.25) is 0 Å². The highest BCUT2D eigenvalue weighted by Gasteiger charge is 2.08. The minimum Gasteiger partial charge on any atom is -0.491 e. The molecule has 0 aliphatic heterocycles. The molecule has 1 rings (SSSR count). The van der Waals surface area contributed by atoms with Crippen molar-refractivity contribution in [1.82, 2.24) is 5.32 Å². The molecule has 0 aromatic heterocycles. The molecule has 1 N–H and O–H groups in total. The molecule has 0 saturated carbocycles. The molecule has 0 aliphatic rings. The average Bonchev–Trinajstić information content (AvgIpc) is 2.35. The number of rotatable bonds is 8. The highest BCUT2D eigenvalue weighted by atomic mass is 16.5. The van der Waals surface area contributed by atoms with E-state index in [0.29, 0.717) is 6.04 Å². The van der Waals surface area contributed by atoms with Gasteiger partial charge in [0.25, 0.3) is 0 Å². The number of hydrogen-bond donors (Lipinski definition) is 1. The summed E-state index contributed by atoms with van der Waals surface area (Å²) in [6.45, 7) is 11.1. The maximum Gasteiger partial charge on any atom is 0.119 e. The Morgan fingerprint density at radius 1 is 1.28 bits per heavy atom. The first-order chi connectivity index (χ1) is 8.67. The van der Waals surface area contributed by atoms with Crippen molar-refractivity contribution < 1.29 is 4.74 Å². The van der Waals surface area contributed by atoms with Crippen molar-refractivity contribution in [2.75, 3.05) is 6.54 Å². The lowest BCUT2D eigenvalue weighted by atomic mass is 10.0. The quantitative estimate of drug-likeness (QED) is 0.699. The lowest BCUT2D eigenvalue weighted by Crippen LogP contribution is -2.21. The summed E-state index contributed by atoms with van der Waals surface area (Å²) in [7, 11) is 0. The monoisotopic (exact) mass is 247 g/mol. The Morgan fingerprint density at radius 3 is 2.44 bits per heavy atom. The Morgan fingerprint density at radius 2 is 1.94 bits per heavy atom. The summed E-state index contributed by atoms with van der Waals surface area (Å²) in [4.78, 5) is 0. The molecule has 0 bridgehead atoms. The van der Waals surface area contributed by atoms with Crippen LogP contribution < -0.4 is 10.1 Å². The first-order valence-electron chi connectivity index (χ1n) is 6.78. The molecule has 1 atom stereocenters. The summed E-state index contributed by atoms with van der Waals surface area (Å²) in [5, 5.41) is 3.53. The van der Waals surface area contributed by atoms with Gasteiger partial charge in [0.2, 0.25) is 0 Å². The lowest BCUT2D eigenvalue weighted by molar-refractivity contribution is 0.242.